The van der Waals surface area contributed by atoms with Crippen molar-refractivity contribution in [1.29, 1.82) is 0 Å². The van der Waals surface area contributed by atoms with E-state index in [1.54, 1.807) is 23.9 Å². The fraction of sp³-hybridized carbons (Fsp3) is 0.300. The second-order valence-electron chi connectivity index (χ2n) is 6.55. The Morgan fingerprint density at radius 1 is 1.19 bits per heavy atom. The number of rotatable bonds is 5. The molecule has 1 saturated heterocycles. The number of likely N-dealkylation sites (N-methyl/N-ethyl adjacent to an activating group) is 1. The van der Waals surface area contributed by atoms with Gasteiger partial charge in [-0.05, 0) is 36.9 Å². The monoisotopic (exact) mass is 384 g/mol. The van der Waals surface area contributed by atoms with E-state index in [2.05, 4.69) is 22.4 Å². The summed E-state index contributed by atoms with van der Waals surface area (Å²) in [7, 11) is 2.07. The zero-order chi connectivity index (χ0) is 18.6. The van der Waals surface area contributed by atoms with Gasteiger partial charge in [0.2, 0.25) is 5.89 Å². The van der Waals surface area contributed by atoms with Crippen LogP contribution in [0.25, 0.3) is 0 Å². The second kappa shape index (κ2) is 8.21. The fourth-order valence-electron chi connectivity index (χ4n) is 3.12. The maximum absolute atomic E-state index is 13.3. The smallest absolute Gasteiger partial charge is 0.244 e. The quantitative estimate of drug-likeness (QED) is 0.678. The summed E-state index contributed by atoms with van der Waals surface area (Å²) >= 11 is 1.57. The molecule has 1 N–H and O–H groups in total. The number of piperazine rings is 1. The van der Waals surface area contributed by atoms with E-state index in [0.717, 1.165) is 30.1 Å². The van der Waals surface area contributed by atoms with Crippen molar-refractivity contribution in [3.63, 3.8) is 0 Å². The van der Waals surface area contributed by atoms with E-state index < -0.39 is 0 Å². The van der Waals surface area contributed by atoms with Gasteiger partial charge in [0.05, 0.1) is 6.04 Å². The molecule has 2 atom stereocenters. The van der Waals surface area contributed by atoms with E-state index in [-0.39, 0.29) is 17.1 Å². The van der Waals surface area contributed by atoms with Crippen LogP contribution in [0.5, 0.6) is 0 Å². The van der Waals surface area contributed by atoms with Crippen molar-refractivity contribution in [2.24, 2.45) is 0 Å². The number of thioether (sulfide) groups is 1. The molecular formula is C20H21FN4OS. The van der Waals surface area contributed by atoms with Gasteiger partial charge in [-0.2, -0.15) is 4.98 Å². The lowest BCUT2D eigenvalue weighted by atomic mass is 10.1. The van der Waals surface area contributed by atoms with Gasteiger partial charge in [0.15, 0.2) is 5.82 Å². The van der Waals surface area contributed by atoms with Gasteiger partial charge in [-0.1, -0.05) is 35.5 Å². The lowest BCUT2D eigenvalue weighted by Crippen LogP contribution is -2.44. The van der Waals surface area contributed by atoms with Crippen LogP contribution < -0.4 is 5.32 Å². The van der Waals surface area contributed by atoms with Crippen molar-refractivity contribution in [2.45, 2.75) is 16.2 Å². The van der Waals surface area contributed by atoms with E-state index in [9.17, 15) is 4.39 Å². The highest BCUT2D eigenvalue weighted by Gasteiger charge is 2.28. The molecule has 7 heteroatoms. The Balaban J connectivity index is 1.63. The summed E-state index contributed by atoms with van der Waals surface area (Å²) in [5.74, 6) is 1.01. The van der Waals surface area contributed by atoms with E-state index in [0.29, 0.717) is 11.7 Å². The normalized spacial score (nSPS) is 19.1. The first-order chi connectivity index (χ1) is 13.2. The van der Waals surface area contributed by atoms with Crippen LogP contribution in [0, 0.1) is 5.82 Å². The van der Waals surface area contributed by atoms with Crippen LogP contribution in [0.1, 0.15) is 28.6 Å². The molecule has 2 heterocycles. The lowest BCUT2D eigenvalue weighted by molar-refractivity contribution is 0.190. The Hall–Kier alpha value is -2.22. The third-order valence-corrected chi connectivity index (χ3v) is 5.91. The molecule has 3 aromatic rings. The van der Waals surface area contributed by atoms with Crippen LogP contribution in [0.15, 0.2) is 64.0 Å². The van der Waals surface area contributed by atoms with Gasteiger partial charge in [0, 0.05) is 24.5 Å². The van der Waals surface area contributed by atoms with E-state index in [1.807, 2.05) is 30.3 Å². The SMILES string of the molecule is CN1CCNCC1c1noc(C(Sc2ccc(F)cc2)c2ccccc2)n1. The molecule has 4 rings (SSSR count). The Kier molecular flexibility index (Phi) is 5.52. The van der Waals surface area contributed by atoms with Crippen LogP contribution in [0.2, 0.25) is 0 Å². The minimum atomic E-state index is -0.247. The Morgan fingerprint density at radius 2 is 1.96 bits per heavy atom. The molecule has 0 amide bonds. The summed E-state index contributed by atoms with van der Waals surface area (Å²) in [6.45, 7) is 2.71. The predicted octanol–water partition coefficient (Wildman–Crippen LogP) is 3.67. The molecule has 2 aromatic carbocycles. The summed E-state index contributed by atoms with van der Waals surface area (Å²) < 4.78 is 18.9. The van der Waals surface area contributed by atoms with Crippen molar-refractivity contribution in [3.8, 4) is 0 Å². The van der Waals surface area contributed by atoms with Crippen molar-refractivity contribution >= 4 is 11.8 Å². The highest BCUT2D eigenvalue weighted by molar-refractivity contribution is 7.99. The zero-order valence-electron chi connectivity index (χ0n) is 15.0. The summed E-state index contributed by atoms with van der Waals surface area (Å²) in [4.78, 5) is 7.90. The average molecular weight is 384 g/mol. The van der Waals surface area contributed by atoms with Crippen molar-refractivity contribution < 1.29 is 8.91 Å². The summed E-state index contributed by atoms with van der Waals surface area (Å²) in [5, 5.41) is 7.47. The maximum atomic E-state index is 13.3. The minimum Gasteiger partial charge on any atom is -0.338 e. The number of nitrogens with one attached hydrogen (secondary N) is 1. The number of hydrogen-bond donors (Lipinski definition) is 1. The molecule has 0 spiro atoms. The largest absolute Gasteiger partial charge is 0.338 e. The molecule has 0 radical (unpaired) electrons. The Morgan fingerprint density at radius 3 is 2.70 bits per heavy atom. The number of halogens is 1. The third-order valence-electron chi connectivity index (χ3n) is 4.66. The molecule has 1 aliphatic heterocycles. The molecule has 1 fully saturated rings. The molecule has 1 aliphatic rings. The van der Waals surface area contributed by atoms with Crippen molar-refractivity contribution in [3.05, 3.63) is 77.7 Å². The molecule has 27 heavy (non-hydrogen) atoms. The average Bonchev–Trinajstić information content (AvgIpc) is 3.18. The van der Waals surface area contributed by atoms with Gasteiger partial charge < -0.3 is 9.84 Å². The Bertz CT molecular complexity index is 871. The molecule has 2 unspecified atom stereocenters. The van der Waals surface area contributed by atoms with E-state index in [1.165, 1.54) is 12.1 Å². The van der Waals surface area contributed by atoms with Crippen LogP contribution in [0.4, 0.5) is 4.39 Å². The maximum Gasteiger partial charge on any atom is 0.244 e. The van der Waals surface area contributed by atoms with Crippen molar-refractivity contribution in [1.82, 2.24) is 20.4 Å². The first-order valence-corrected chi connectivity index (χ1v) is 9.80. The van der Waals surface area contributed by atoms with Gasteiger partial charge >= 0.3 is 0 Å². The standard InChI is InChI=1S/C20H21FN4OS/c1-25-12-11-22-13-17(25)19-23-20(26-24-19)18(14-5-3-2-4-6-14)27-16-9-7-15(21)8-10-16/h2-10,17-18,22H,11-13H2,1H3. The topological polar surface area (TPSA) is 54.2 Å². The van der Waals surface area contributed by atoms with Crippen LogP contribution in [0.3, 0.4) is 0 Å². The number of nitrogens with zero attached hydrogens (tertiary/aromatic N) is 3. The Labute approximate surface area is 162 Å². The first kappa shape index (κ1) is 18.2. The molecule has 140 valence electrons. The summed E-state index contributed by atoms with van der Waals surface area (Å²) in [6, 6.07) is 16.6. The fourth-order valence-corrected chi connectivity index (χ4v) is 4.18. The lowest BCUT2D eigenvalue weighted by Gasteiger charge is -2.30. The summed E-state index contributed by atoms with van der Waals surface area (Å²) in [6.07, 6.45) is 0. The van der Waals surface area contributed by atoms with Gasteiger partial charge in [-0.25, -0.2) is 4.39 Å². The highest BCUT2D eigenvalue weighted by atomic mass is 32.2. The third kappa shape index (κ3) is 4.21. The van der Waals surface area contributed by atoms with Crippen LogP contribution in [-0.2, 0) is 0 Å². The number of hydrogen-bond acceptors (Lipinski definition) is 6. The molecule has 0 saturated carbocycles. The predicted molar refractivity (Wildman–Crippen MR) is 103 cm³/mol. The number of aromatic nitrogens is 2. The second-order valence-corrected chi connectivity index (χ2v) is 7.73. The molecule has 5 nitrogen and oxygen atoms in total. The first-order valence-electron chi connectivity index (χ1n) is 8.92. The van der Waals surface area contributed by atoms with Crippen LogP contribution >= 0.6 is 11.8 Å². The number of benzene rings is 2. The minimum absolute atomic E-state index is 0.100. The van der Waals surface area contributed by atoms with Crippen molar-refractivity contribution in [2.75, 3.05) is 26.7 Å². The molecule has 0 bridgehead atoms. The molecule has 0 aliphatic carbocycles. The van der Waals surface area contributed by atoms with Gasteiger partial charge in [0.25, 0.3) is 0 Å². The van der Waals surface area contributed by atoms with E-state index in [4.69, 9.17) is 9.51 Å². The highest BCUT2D eigenvalue weighted by Crippen LogP contribution is 2.40. The van der Waals surface area contributed by atoms with Crippen LogP contribution in [-0.4, -0.2) is 41.7 Å². The van der Waals surface area contributed by atoms with Gasteiger partial charge in [-0.15, -0.1) is 11.8 Å². The molecular weight excluding hydrogens is 363 g/mol. The van der Waals surface area contributed by atoms with E-state index >= 15 is 0 Å². The zero-order valence-corrected chi connectivity index (χ0v) is 15.8. The van der Waals surface area contributed by atoms with Gasteiger partial charge in [-0.3, -0.25) is 4.90 Å². The molecule has 1 aromatic heterocycles. The summed E-state index contributed by atoms with van der Waals surface area (Å²) in [5.41, 5.74) is 1.07. The van der Waals surface area contributed by atoms with Gasteiger partial charge in [0.1, 0.15) is 11.1 Å².